The molecule has 1 unspecified atom stereocenters. The third-order valence-corrected chi connectivity index (χ3v) is 5.09. The van der Waals surface area contributed by atoms with E-state index in [4.69, 9.17) is 25.5 Å². The summed E-state index contributed by atoms with van der Waals surface area (Å²) >= 11 is 7.50. The molecule has 1 aliphatic heterocycles. The number of furan rings is 1. The number of hydrogen-bond acceptors (Lipinski definition) is 8. The highest BCUT2D eigenvalue weighted by Gasteiger charge is 2.33. The van der Waals surface area contributed by atoms with Crippen molar-refractivity contribution in [1.82, 2.24) is 10.3 Å². The molecule has 1 aliphatic rings. The number of hydrazone groups is 1. The van der Waals surface area contributed by atoms with Crippen LogP contribution in [0.25, 0.3) is 0 Å². The van der Waals surface area contributed by atoms with Gasteiger partial charge in [-0.05, 0) is 29.8 Å². The molecule has 9 nitrogen and oxygen atoms in total. The van der Waals surface area contributed by atoms with Crippen LogP contribution in [0.1, 0.15) is 35.3 Å². The predicted molar refractivity (Wildman–Crippen MR) is 106 cm³/mol. The first-order valence-corrected chi connectivity index (χ1v) is 9.51. The van der Waals surface area contributed by atoms with Crippen molar-refractivity contribution in [3.8, 4) is 11.5 Å². The number of thioether (sulfide) groups is 1. The summed E-state index contributed by atoms with van der Waals surface area (Å²) in [5.41, 5.74) is 0.564. The number of amidine groups is 1. The predicted octanol–water partition coefficient (Wildman–Crippen LogP) is 3.16. The Morgan fingerprint density at radius 1 is 1.31 bits per heavy atom. The first-order valence-electron chi connectivity index (χ1n) is 8.26. The molecule has 1 aromatic heterocycles. The Labute approximate surface area is 175 Å². The van der Waals surface area contributed by atoms with Crippen molar-refractivity contribution in [2.24, 2.45) is 5.10 Å². The summed E-state index contributed by atoms with van der Waals surface area (Å²) in [5.74, 6) is -1.17. The van der Waals surface area contributed by atoms with Crippen LogP contribution >= 0.6 is 23.4 Å². The fourth-order valence-corrected chi connectivity index (χ4v) is 3.87. The van der Waals surface area contributed by atoms with Crippen LogP contribution in [0.15, 0.2) is 40.0 Å². The maximum Gasteiger partial charge on any atom is 0.379 e. The van der Waals surface area contributed by atoms with E-state index in [1.54, 1.807) is 12.1 Å². The second-order valence-corrected chi connectivity index (χ2v) is 7.30. The highest BCUT2D eigenvalue weighted by Crippen LogP contribution is 2.44. The van der Waals surface area contributed by atoms with E-state index in [0.717, 1.165) is 11.8 Å². The molecular weight excluding hydrogens is 422 g/mol. The van der Waals surface area contributed by atoms with Crippen LogP contribution in [0.4, 0.5) is 0 Å². The number of amides is 2. The minimum atomic E-state index is -0.736. The number of ether oxygens (including phenoxy) is 2. The lowest BCUT2D eigenvalue weighted by Gasteiger charge is -2.21. The third kappa shape index (κ3) is 4.54. The Kier molecular flexibility index (Phi) is 6.14. The lowest BCUT2D eigenvalue weighted by atomic mass is 10.2. The maximum absolute atomic E-state index is 12.2. The minimum absolute atomic E-state index is 0.00893. The molecule has 1 aromatic carbocycles. The van der Waals surface area contributed by atoms with Crippen LogP contribution in [-0.2, 0) is 9.59 Å². The van der Waals surface area contributed by atoms with Crippen LogP contribution < -0.4 is 14.8 Å². The minimum Gasteiger partial charge on any atom is -0.493 e. The Balaban J connectivity index is 1.91. The van der Waals surface area contributed by atoms with Crippen molar-refractivity contribution < 1.29 is 28.3 Å². The van der Waals surface area contributed by atoms with Crippen molar-refractivity contribution in [3.63, 3.8) is 0 Å². The summed E-state index contributed by atoms with van der Waals surface area (Å²) in [7, 11) is 1.39. The van der Waals surface area contributed by atoms with E-state index in [2.05, 4.69) is 10.4 Å². The zero-order chi connectivity index (χ0) is 21.1. The molecule has 29 heavy (non-hydrogen) atoms. The summed E-state index contributed by atoms with van der Waals surface area (Å²) < 4.78 is 15.6. The topological polar surface area (TPSA) is 110 Å². The van der Waals surface area contributed by atoms with Gasteiger partial charge in [0.05, 0.1) is 18.4 Å². The molecule has 152 valence electrons. The van der Waals surface area contributed by atoms with Crippen molar-refractivity contribution in [3.05, 3.63) is 46.9 Å². The summed E-state index contributed by atoms with van der Waals surface area (Å²) in [6.45, 7) is 2.70. The highest BCUT2D eigenvalue weighted by molar-refractivity contribution is 8.14. The molecule has 3 rings (SSSR count). The molecule has 0 aliphatic carbocycles. The van der Waals surface area contributed by atoms with E-state index >= 15 is 0 Å². The first kappa shape index (κ1) is 20.7. The van der Waals surface area contributed by atoms with Gasteiger partial charge >= 0.3 is 5.97 Å². The van der Waals surface area contributed by atoms with Gasteiger partial charge in [-0.2, -0.15) is 0 Å². The van der Waals surface area contributed by atoms with Gasteiger partial charge in [0.15, 0.2) is 16.7 Å². The average molecular weight is 438 g/mol. The standard InChI is InChI=1S/C18H16ClN3O6S/c1-9(23)20-18-21-22(10(2)24)16(29-18)11-7-12(19)15(14(8-11)26-3)28-17(25)13-5-4-6-27-13/h4-8,16H,1-3H3,(H,20,21,23). The van der Waals surface area contributed by atoms with Crippen molar-refractivity contribution >= 4 is 46.3 Å². The molecule has 0 radical (unpaired) electrons. The second kappa shape index (κ2) is 8.58. The SMILES string of the molecule is COc1cc(C2SC(NC(C)=O)=NN2C(C)=O)cc(Cl)c1OC(=O)c1ccco1. The largest absolute Gasteiger partial charge is 0.493 e. The van der Waals surface area contributed by atoms with E-state index < -0.39 is 11.3 Å². The van der Waals surface area contributed by atoms with Crippen molar-refractivity contribution in [2.45, 2.75) is 19.2 Å². The number of hydrogen-bond donors (Lipinski definition) is 1. The van der Waals surface area contributed by atoms with E-state index in [0.29, 0.717) is 5.56 Å². The summed E-state index contributed by atoms with van der Waals surface area (Å²) in [5, 5.41) is 7.69. The number of carbonyl (C=O) groups is 3. The second-order valence-electron chi connectivity index (χ2n) is 5.82. The summed E-state index contributed by atoms with van der Waals surface area (Å²) in [6, 6.07) is 6.13. The third-order valence-electron chi connectivity index (χ3n) is 3.70. The molecule has 11 heteroatoms. The molecule has 0 fully saturated rings. The number of methoxy groups -OCH3 is 1. The highest BCUT2D eigenvalue weighted by atomic mass is 35.5. The quantitative estimate of drug-likeness (QED) is 0.577. The first-order chi connectivity index (χ1) is 13.8. The van der Waals surface area contributed by atoms with Crippen LogP contribution in [0.5, 0.6) is 11.5 Å². The molecule has 2 amide bonds. The van der Waals surface area contributed by atoms with E-state index in [1.165, 1.54) is 44.4 Å². The Morgan fingerprint density at radius 2 is 2.07 bits per heavy atom. The number of nitrogens with one attached hydrogen (secondary N) is 1. The Morgan fingerprint density at radius 3 is 2.66 bits per heavy atom. The molecule has 2 aromatic rings. The number of halogens is 1. The fraction of sp³-hybridized carbons (Fsp3) is 0.222. The number of carbonyl (C=O) groups excluding carboxylic acids is 3. The molecule has 0 spiro atoms. The van der Waals surface area contributed by atoms with Crippen LogP contribution in [-0.4, -0.2) is 35.1 Å². The zero-order valence-electron chi connectivity index (χ0n) is 15.6. The zero-order valence-corrected chi connectivity index (χ0v) is 17.2. The van der Waals surface area contributed by atoms with Crippen LogP contribution in [0, 0.1) is 0 Å². The summed E-state index contributed by atoms with van der Waals surface area (Å²) in [4.78, 5) is 35.5. The van der Waals surface area contributed by atoms with E-state index in [-0.39, 0.29) is 39.3 Å². The van der Waals surface area contributed by atoms with Gasteiger partial charge in [0.2, 0.25) is 17.6 Å². The Hall–Kier alpha value is -2.98. The van der Waals surface area contributed by atoms with Crippen molar-refractivity contribution in [1.29, 1.82) is 0 Å². The smallest absolute Gasteiger partial charge is 0.379 e. The molecule has 0 saturated heterocycles. The number of esters is 1. The maximum atomic E-state index is 12.2. The van der Waals surface area contributed by atoms with Gasteiger partial charge < -0.3 is 19.2 Å². The molecule has 1 atom stereocenters. The number of benzene rings is 1. The number of rotatable bonds is 4. The Bertz CT molecular complexity index is 992. The molecule has 2 heterocycles. The van der Waals surface area contributed by atoms with Gasteiger partial charge in [-0.15, -0.1) is 5.10 Å². The van der Waals surface area contributed by atoms with E-state index in [1.807, 2.05) is 0 Å². The van der Waals surface area contributed by atoms with Crippen LogP contribution in [0.2, 0.25) is 5.02 Å². The van der Waals surface area contributed by atoms with Crippen molar-refractivity contribution in [2.75, 3.05) is 7.11 Å². The lowest BCUT2D eigenvalue weighted by molar-refractivity contribution is -0.129. The monoisotopic (exact) mass is 437 g/mol. The normalized spacial score (nSPS) is 15.7. The molecule has 1 N–H and O–H groups in total. The van der Waals surface area contributed by atoms with Gasteiger partial charge in [-0.25, -0.2) is 9.80 Å². The van der Waals surface area contributed by atoms with Gasteiger partial charge in [-0.1, -0.05) is 23.4 Å². The van der Waals surface area contributed by atoms with Gasteiger partial charge in [0, 0.05) is 13.8 Å². The van der Waals surface area contributed by atoms with Gasteiger partial charge in [0.1, 0.15) is 5.37 Å². The number of nitrogens with zero attached hydrogens (tertiary/aromatic N) is 2. The van der Waals surface area contributed by atoms with Gasteiger partial charge in [-0.3, -0.25) is 9.59 Å². The fourth-order valence-electron chi connectivity index (χ4n) is 2.50. The van der Waals surface area contributed by atoms with Gasteiger partial charge in [0.25, 0.3) is 0 Å². The van der Waals surface area contributed by atoms with Crippen LogP contribution in [0.3, 0.4) is 0 Å². The lowest BCUT2D eigenvalue weighted by Crippen LogP contribution is -2.25. The molecular formula is C18H16ClN3O6S. The van der Waals surface area contributed by atoms with E-state index in [9.17, 15) is 14.4 Å². The average Bonchev–Trinajstić information content (AvgIpc) is 3.32. The molecule has 0 saturated carbocycles. The molecule has 0 bridgehead atoms. The summed E-state index contributed by atoms with van der Waals surface area (Å²) in [6.07, 6.45) is 1.35.